The van der Waals surface area contributed by atoms with Gasteiger partial charge in [-0.2, -0.15) is 13.2 Å². The predicted molar refractivity (Wildman–Crippen MR) is 149 cm³/mol. The second-order valence-corrected chi connectivity index (χ2v) is 14.6. The van der Waals surface area contributed by atoms with Crippen LogP contribution < -0.4 is 0 Å². The van der Waals surface area contributed by atoms with Crippen LogP contribution >= 0.6 is 0 Å². The summed E-state index contributed by atoms with van der Waals surface area (Å²) < 4.78 is 77.9. The number of pyridine rings is 1. The van der Waals surface area contributed by atoms with Crippen LogP contribution in [0.1, 0.15) is 68.4 Å². The molecule has 6 nitrogen and oxygen atoms in total. The average Bonchev–Trinajstić information content (AvgIpc) is 3.68. The number of alkyl halides is 3. The van der Waals surface area contributed by atoms with Crippen LogP contribution in [0.15, 0.2) is 47.6 Å². The Morgan fingerprint density at radius 1 is 1.05 bits per heavy atom. The summed E-state index contributed by atoms with van der Waals surface area (Å²) in [5, 5.41) is 9.67. The summed E-state index contributed by atoms with van der Waals surface area (Å²) >= 11 is 0. The van der Waals surface area contributed by atoms with Gasteiger partial charge >= 0.3 is 12.1 Å². The van der Waals surface area contributed by atoms with Crippen LogP contribution in [-0.4, -0.2) is 54.8 Å². The Bertz CT molecular complexity index is 1340. The highest BCUT2D eigenvalue weighted by atomic mass is 32.2. The molecule has 1 aromatic carbocycles. The van der Waals surface area contributed by atoms with Gasteiger partial charge in [0.05, 0.1) is 17.2 Å². The van der Waals surface area contributed by atoms with E-state index in [1.165, 1.54) is 6.07 Å². The highest BCUT2D eigenvalue weighted by Crippen LogP contribution is 2.49. The van der Waals surface area contributed by atoms with Gasteiger partial charge in [0.15, 0.2) is 14.9 Å². The lowest BCUT2D eigenvalue weighted by atomic mass is 9.85. The summed E-state index contributed by atoms with van der Waals surface area (Å²) in [5.74, 6) is -0.511. The first-order chi connectivity index (χ1) is 19.9. The van der Waals surface area contributed by atoms with Gasteiger partial charge in [-0.3, -0.25) is 4.79 Å². The Kier molecular flexibility index (Phi) is 9.27. The molecule has 2 saturated carbocycles. The van der Waals surface area contributed by atoms with Crippen molar-refractivity contribution in [2.45, 2.75) is 68.5 Å². The van der Waals surface area contributed by atoms with Crippen molar-refractivity contribution in [3.05, 3.63) is 59.5 Å². The number of halogens is 4. The summed E-state index contributed by atoms with van der Waals surface area (Å²) in [6.07, 6.45) is 2.46. The number of likely N-dealkylation sites (tertiary alicyclic amines) is 1. The van der Waals surface area contributed by atoms with Gasteiger partial charge in [0.1, 0.15) is 5.82 Å². The van der Waals surface area contributed by atoms with Crippen molar-refractivity contribution in [2.75, 3.05) is 25.4 Å². The van der Waals surface area contributed by atoms with E-state index in [-0.39, 0.29) is 46.2 Å². The normalized spacial score (nSPS) is 25.0. The molecule has 0 amide bonds. The first kappa shape index (κ1) is 30.9. The molecule has 0 radical (unpaired) electrons. The number of hydrogen-bond acceptors (Lipinski definition) is 5. The fourth-order valence-electron chi connectivity index (χ4n) is 7.00. The lowest BCUT2D eigenvalue weighted by molar-refractivity contribution is -0.144. The monoisotopic (exact) mass is 610 g/mol. The molecule has 1 aromatic heterocycles. The van der Waals surface area contributed by atoms with Crippen LogP contribution in [0, 0.1) is 35.4 Å². The molecule has 4 atom stereocenters. The zero-order chi connectivity index (χ0) is 30.1. The van der Waals surface area contributed by atoms with E-state index in [1.807, 2.05) is 6.07 Å². The molecule has 2 aliphatic carbocycles. The molecule has 2 heterocycles. The van der Waals surface area contributed by atoms with E-state index in [1.54, 1.807) is 12.1 Å². The Labute approximate surface area is 244 Å². The third-order valence-corrected chi connectivity index (χ3v) is 11.2. The first-order valence-electron chi connectivity index (χ1n) is 14.9. The molecule has 3 fully saturated rings. The van der Waals surface area contributed by atoms with Gasteiger partial charge in [0, 0.05) is 12.7 Å². The minimum atomic E-state index is -4.57. The third kappa shape index (κ3) is 7.70. The Balaban J connectivity index is 1.17. The maximum atomic E-state index is 14.1. The highest BCUT2D eigenvalue weighted by Gasteiger charge is 2.43. The molecule has 5 rings (SSSR count). The zero-order valence-electron chi connectivity index (χ0n) is 23.5. The first-order valence-corrected chi connectivity index (χ1v) is 16.5. The number of aliphatic carboxylic acids is 1. The predicted octanol–water partition coefficient (Wildman–Crippen LogP) is 6.43. The van der Waals surface area contributed by atoms with Crippen LogP contribution in [0.2, 0.25) is 0 Å². The lowest BCUT2D eigenvalue weighted by Gasteiger charge is -2.35. The van der Waals surface area contributed by atoms with E-state index in [2.05, 4.69) is 9.88 Å². The van der Waals surface area contributed by atoms with Gasteiger partial charge in [-0.15, -0.1) is 0 Å². The van der Waals surface area contributed by atoms with Gasteiger partial charge in [-0.05, 0) is 111 Å². The lowest BCUT2D eigenvalue weighted by Crippen LogP contribution is -2.38. The van der Waals surface area contributed by atoms with E-state index < -0.39 is 27.5 Å². The topological polar surface area (TPSA) is 87.6 Å². The minimum absolute atomic E-state index is 0.0583. The van der Waals surface area contributed by atoms with E-state index >= 15 is 0 Å². The average molecular weight is 611 g/mol. The Hall–Kier alpha value is -2.53. The largest absolute Gasteiger partial charge is 0.481 e. The maximum absolute atomic E-state index is 14.1. The number of benzene rings is 1. The van der Waals surface area contributed by atoms with Gasteiger partial charge in [-0.25, -0.2) is 17.8 Å². The minimum Gasteiger partial charge on any atom is -0.481 e. The molecule has 2 aromatic rings. The van der Waals surface area contributed by atoms with Gasteiger partial charge in [0.2, 0.25) is 0 Å². The molecule has 0 spiro atoms. The molecule has 230 valence electrons. The maximum Gasteiger partial charge on any atom is 0.417 e. The Morgan fingerprint density at radius 2 is 1.79 bits per heavy atom. The van der Waals surface area contributed by atoms with Gasteiger partial charge in [-0.1, -0.05) is 25.0 Å². The molecule has 0 bridgehead atoms. The number of carboxylic acids is 1. The third-order valence-electron chi connectivity index (χ3n) is 9.56. The van der Waals surface area contributed by atoms with Crippen molar-refractivity contribution >= 4 is 15.8 Å². The van der Waals surface area contributed by atoms with Gasteiger partial charge in [0.25, 0.3) is 0 Å². The van der Waals surface area contributed by atoms with Crippen molar-refractivity contribution in [3.8, 4) is 0 Å². The SMILES string of the molecule is O=C(O)[C@@H](CC1CC1)C1CC(CN2CCC(CCS(=O)(=O)c3ccc(C(F)(F)F)cn3)CC2)C(c2cccc(F)c2)C1. The number of carbonyl (C=O) groups is 1. The zero-order valence-corrected chi connectivity index (χ0v) is 24.3. The number of sulfone groups is 1. The molecule has 11 heteroatoms. The van der Waals surface area contributed by atoms with Crippen molar-refractivity contribution < 1.29 is 35.9 Å². The molecule has 42 heavy (non-hydrogen) atoms. The van der Waals surface area contributed by atoms with Crippen LogP contribution in [0.5, 0.6) is 0 Å². The van der Waals surface area contributed by atoms with Crippen LogP contribution in [0.25, 0.3) is 0 Å². The second-order valence-electron chi connectivity index (χ2n) is 12.5. The summed E-state index contributed by atoms with van der Waals surface area (Å²) in [7, 11) is -3.79. The number of piperidine rings is 1. The Morgan fingerprint density at radius 3 is 2.38 bits per heavy atom. The quantitative estimate of drug-likeness (QED) is 0.295. The molecular weight excluding hydrogens is 572 g/mol. The van der Waals surface area contributed by atoms with Crippen molar-refractivity contribution in [1.29, 1.82) is 0 Å². The van der Waals surface area contributed by atoms with E-state index in [0.29, 0.717) is 18.5 Å². The summed E-state index contributed by atoms with van der Waals surface area (Å²) in [4.78, 5) is 18.1. The smallest absolute Gasteiger partial charge is 0.417 e. The van der Waals surface area contributed by atoms with E-state index in [0.717, 1.165) is 82.3 Å². The van der Waals surface area contributed by atoms with E-state index in [4.69, 9.17) is 0 Å². The van der Waals surface area contributed by atoms with Crippen LogP contribution in [-0.2, 0) is 20.8 Å². The molecule has 3 unspecified atom stereocenters. The summed E-state index contributed by atoms with van der Waals surface area (Å²) in [6, 6.07) is 8.33. The molecule has 3 aliphatic rings. The molecule has 1 saturated heterocycles. The van der Waals surface area contributed by atoms with Crippen LogP contribution in [0.4, 0.5) is 17.6 Å². The number of nitrogens with zero attached hydrogens (tertiary/aromatic N) is 2. The highest BCUT2D eigenvalue weighted by molar-refractivity contribution is 7.91. The summed E-state index contributed by atoms with van der Waals surface area (Å²) in [6.45, 7) is 2.35. The summed E-state index contributed by atoms with van der Waals surface area (Å²) in [5.41, 5.74) is -0.0570. The number of carboxylic acid groups (broad SMARTS) is 1. The number of rotatable bonds is 11. The van der Waals surface area contributed by atoms with Gasteiger partial charge < -0.3 is 10.0 Å². The molecule has 1 N–H and O–H groups in total. The van der Waals surface area contributed by atoms with Crippen molar-refractivity contribution in [1.82, 2.24) is 9.88 Å². The molecular formula is C31H38F4N2O4S. The number of aromatic nitrogens is 1. The number of hydrogen-bond donors (Lipinski definition) is 1. The fraction of sp³-hybridized carbons (Fsp3) is 0.613. The fourth-order valence-corrected chi connectivity index (χ4v) is 8.34. The van der Waals surface area contributed by atoms with E-state index in [9.17, 15) is 35.9 Å². The van der Waals surface area contributed by atoms with Crippen molar-refractivity contribution in [3.63, 3.8) is 0 Å². The second kappa shape index (κ2) is 12.6. The molecule has 1 aliphatic heterocycles. The van der Waals surface area contributed by atoms with Crippen molar-refractivity contribution in [2.24, 2.45) is 29.6 Å². The van der Waals surface area contributed by atoms with Crippen LogP contribution in [0.3, 0.4) is 0 Å². The standard InChI is InChI=1S/C31H38F4N2O4S/c32-26-3-1-2-22(16-26)27-17-23(28(30(38)39)14-21-4-5-21)15-24(27)19-37-11-8-20(9-12-37)10-13-42(40,41)29-7-6-25(18-36-29)31(33,34)35/h1-3,6-7,16,18,20-21,23-24,27-28H,4-5,8-15,17,19H2,(H,38,39)/t23?,24?,27?,28-/m0/s1.